The lowest BCUT2D eigenvalue weighted by molar-refractivity contribution is -0.131. The van der Waals surface area contributed by atoms with Crippen LogP contribution in [0.2, 0.25) is 0 Å². The van der Waals surface area contributed by atoms with Gasteiger partial charge in [-0.05, 0) is 67.5 Å². The number of urea groups is 1. The van der Waals surface area contributed by atoms with Gasteiger partial charge in [-0.25, -0.2) is 9.69 Å². The van der Waals surface area contributed by atoms with E-state index in [9.17, 15) is 24.0 Å². The summed E-state index contributed by atoms with van der Waals surface area (Å²) in [5.41, 5.74) is 1.97. The summed E-state index contributed by atoms with van der Waals surface area (Å²) in [7, 11) is 0. The smallest absolute Gasteiger partial charge is 0.301 e. The first-order chi connectivity index (χ1) is 15.7. The third-order valence-electron chi connectivity index (χ3n) is 5.40. The van der Waals surface area contributed by atoms with Crippen molar-refractivity contribution in [3.8, 4) is 0 Å². The minimum atomic E-state index is -1.50. The Labute approximate surface area is 194 Å². The molecule has 2 aromatic rings. The summed E-state index contributed by atoms with van der Waals surface area (Å²) >= 11 is 5.14. The zero-order valence-electron chi connectivity index (χ0n) is 17.6. The fourth-order valence-electron chi connectivity index (χ4n) is 3.50. The zero-order valence-corrected chi connectivity index (χ0v) is 18.4. The normalized spacial score (nSPS) is 20.3. The molecule has 10 heteroatoms. The average molecular weight is 462 g/mol. The maximum absolute atomic E-state index is 13.1. The molecule has 1 atom stereocenters. The Bertz CT molecular complexity index is 1270. The third kappa shape index (κ3) is 3.92. The SMILES string of the molecule is Cc1ccc(N2C(=O)NC(=O)/C(=C\[C@H]3C(=O)NC(=S)N(c4ccccc4)C3=O)C2=O)cc1C. The van der Waals surface area contributed by atoms with Gasteiger partial charge < -0.3 is 5.32 Å². The summed E-state index contributed by atoms with van der Waals surface area (Å²) in [6, 6.07) is 12.4. The van der Waals surface area contributed by atoms with Crippen molar-refractivity contribution in [3.05, 3.63) is 71.3 Å². The molecule has 0 aliphatic carbocycles. The number of amides is 6. The molecule has 2 N–H and O–H groups in total. The van der Waals surface area contributed by atoms with Crippen molar-refractivity contribution >= 4 is 58.4 Å². The van der Waals surface area contributed by atoms with E-state index in [2.05, 4.69) is 10.6 Å². The van der Waals surface area contributed by atoms with Crippen LogP contribution in [-0.4, -0.2) is 34.8 Å². The minimum Gasteiger partial charge on any atom is -0.301 e. The molecule has 2 saturated heterocycles. The van der Waals surface area contributed by atoms with E-state index in [1.165, 1.54) is 0 Å². The van der Waals surface area contributed by atoms with Gasteiger partial charge in [0.25, 0.3) is 11.8 Å². The van der Waals surface area contributed by atoms with E-state index in [0.717, 1.165) is 27.0 Å². The van der Waals surface area contributed by atoms with Gasteiger partial charge in [-0.15, -0.1) is 0 Å². The van der Waals surface area contributed by atoms with E-state index in [4.69, 9.17) is 12.2 Å². The Morgan fingerprint density at radius 2 is 1.55 bits per heavy atom. The molecule has 2 fully saturated rings. The highest BCUT2D eigenvalue weighted by Gasteiger charge is 2.42. The Hall–Kier alpha value is -4.18. The van der Waals surface area contributed by atoms with Gasteiger partial charge >= 0.3 is 6.03 Å². The van der Waals surface area contributed by atoms with Crippen LogP contribution >= 0.6 is 12.2 Å². The lowest BCUT2D eigenvalue weighted by atomic mass is 9.98. The van der Waals surface area contributed by atoms with Gasteiger partial charge in [0.1, 0.15) is 11.5 Å². The van der Waals surface area contributed by atoms with Gasteiger partial charge in [0, 0.05) is 0 Å². The number of hydrogen-bond acceptors (Lipinski definition) is 6. The lowest BCUT2D eigenvalue weighted by Crippen LogP contribution is -2.58. The monoisotopic (exact) mass is 462 g/mol. The van der Waals surface area contributed by atoms with E-state index < -0.39 is 41.2 Å². The number of nitrogens with one attached hydrogen (secondary N) is 2. The number of nitrogens with zero attached hydrogens (tertiary/aromatic N) is 2. The van der Waals surface area contributed by atoms with E-state index in [1.54, 1.807) is 48.5 Å². The molecular formula is C23H18N4O5S. The number of carbonyl (C=O) groups is 5. The Balaban J connectivity index is 1.72. The molecule has 0 spiro atoms. The molecule has 2 heterocycles. The van der Waals surface area contributed by atoms with Crippen LogP contribution in [0.25, 0.3) is 0 Å². The zero-order chi connectivity index (χ0) is 23.9. The highest BCUT2D eigenvalue weighted by atomic mass is 32.1. The molecule has 0 saturated carbocycles. The van der Waals surface area contributed by atoms with E-state index in [0.29, 0.717) is 5.69 Å². The standard InChI is InChI=1S/C23H18N4O5S/c1-12-8-9-15(10-13(12)2)26-20(30)16(18(28)24-22(26)32)11-17-19(29)25-23(33)27(21(17)31)14-6-4-3-5-7-14/h3-11,17H,1-2H3,(H,24,28,32)(H,25,29,33)/b16-11+/t17-/m0/s1. The third-order valence-corrected chi connectivity index (χ3v) is 5.68. The molecule has 166 valence electrons. The number of rotatable bonds is 3. The summed E-state index contributed by atoms with van der Waals surface area (Å²) in [5, 5.41) is 4.40. The molecule has 0 aromatic heterocycles. The van der Waals surface area contributed by atoms with E-state index in [1.807, 2.05) is 13.8 Å². The summed E-state index contributed by atoms with van der Waals surface area (Å²) in [6.07, 6.45) is 0.966. The fraction of sp³-hybridized carbons (Fsp3) is 0.130. The topological polar surface area (TPSA) is 116 Å². The first-order valence-corrected chi connectivity index (χ1v) is 10.3. The van der Waals surface area contributed by atoms with Gasteiger partial charge in [-0.2, -0.15) is 0 Å². The highest BCUT2D eigenvalue weighted by Crippen LogP contribution is 2.26. The second-order valence-electron chi connectivity index (χ2n) is 7.53. The molecule has 9 nitrogen and oxygen atoms in total. The number of benzene rings is 2. The van der Waals surface area contributed by atoms with E-state index >= 15 is 0 Å². The second kappa shape index (κ2) is 8.40. The van der Waals surface area contributed by atoms with Crippen molar-refractivity contribution in [3.63, 3.8) is 0 Å². The Morgan fingerprint density at radius 1 is 0.848 bits per heavy atom. The van der Waals surface area contributed by atoms with Crippen molar-refractivity contribution in [2.75, 3.05) is 9.80 Å². The van der Waals surface area contributed by atoms with Crippen molar-refractivity contribution < 1.29 is 24.0 Å². The molecule has 2 aliphatic heterocycles. The van der Waals surface area contributed by atoms with Gasteiger partial charge in [0.05, 0.1) is 11.4 Å². The van der Waals surface area contributed by atoms with Gasteiger partial charge in [0.2, 0.25) is 11.8 Å². The fourth-order valence-corrected chi connectivity index (χ4v) is 3.80. The van der Waals surface area contributed by atoms with Crippen molar-refractivity contribution in [1.82, 2.24) is 10.6 Å². The number of thiocarbonyl (C=S) groups is 1. The van der Waals surface area contributed by atoms with Crippen molar-refractivity contribution in [1.29, 1.82) is 0 Å². The number of carbonyl (C=O) groups excluding carboxylic acids is 5. The van der Waals surface area contributed by atoms with Crippen LogP contribution in [0, 0.1) is 19.8 Å². The molecule has 2 aromatic carbocycles. The van der Waals surface area contributed by atoms with Crippen LogP contribution in [0.15, 0.2) is 60.2 Å². The van der Waals surface area contributed by atoms with Crippen molar-refractivity contribution in [2.45, 2.75) is 13.8 Å². The van der Waals surface area contributed by atoms with Crippen LogP contribution in [0.4, 0.5) is 16.2 Å². The maximum atomic E-state index is 13.1. The summed E-state index contributed by atoms with van der Waals surface area (Å²) in [4.78, 5) is 65.7. The molecule has 2 aliphatic rings. The number of barbiturate groups is 1. The maximum Gasteiger partial charge on any atom is 0.335 e. The quantitative estimate of drug-likeness (QED) is 0.311. The molecule has 33 heavy (non-hydrogen) atoms. The Kier molecular flexibility index (Phi) is 5.60. The summed E-state index contributed by atoms with van der Waals surface area (Å²) in [5.74, 6) is -4.94. The summed E-state index contributed by atoms with van der Waals surface area (Å²) < 4.78 is 0. The highest BCUT2D eigenvalue weighted by molar-refractivity contribution is 7.80. The molecule has 6 amide bonds. The van der Waals surface area contributed by atoms with Crippen LogP contribution in [0.5, 0.6) is 0 Å². The molecule has 4 rings (SSSR count). The van der Waals surface area contributed by atoms with Gasteiger partial charge in [-0.1, -0.05) is 24.3 Å². The number of para-hydroxylation sites is 1. The van der Waals surface area contributed by atoms with Crippen LogP contribution in [0.3, 0.4) is 0 Å². The van der Waals surface area contributed by atoms with Gasteiger partial charge in [-0.3, -0.25) is 29.4 Å². The molecule has 0 unspecified atom stereocenters. The largest absolute Gasteiger partial charge is 0.335 e. The predicted molar refractivity (Wildman–Crippen MR) is 123 cm³/mol. The van der Waals surface area contributed by atoms with E-state index in [-0.39, 0.29) is 10.8 Å². The molecule has 0 bridgehead atoms. The average Bonchev–Trinajstić information content (AvgIpc) is 2.76. The number of imide groups is 2. The first-order valence-electron chi connectivity index (χ1n) is 9.91. The minimum absolute atomic E-state index is 0.114. The molecule has 0 radical (unpaired) electrons. The molecular weight excluding hydrogens is 444 g/mol. The predicted octanol–water partition coefficient (Wildman–Crippen LogP) is 1.88. The van der Waals surface area contributed by atoms with Crippen LogP contribution in [0.1, 0.15) is 11.1 Å². The van der Waals surface area contributed by atoms with Crippen molar-refractivity contribution in [2.24, 2.45) is 5.92 Å². The van der Waals surface area contributed by atoms with Crippen LogP contribution < -0.4 is 20.4 Å². The first kappa shape index (κ1) is 22.0. The Morgan fingerprint density at radius 3 is 2.21 bits per heavy atom. The number of aryl methyl sites for hydroxylation is 2. The van der Waals surface area contributed by atoms with Crippen LogP contribution in [-0.2, 0) is 19.2 Å². The number of anilines is 2. The van der Waals surface area contributed by atoms with Gasteiger partial charge in [0.15, 0.2) is 5.11 Å². The second-order valence-corrected chi connectivity index (χ2v) is 7.92. The number of hydrogen-bond donors (Lipinski definition) is 2. The lowest BCUT2D eigenvalue weighted by Gasteiger charge is -2.32. The summed E-state index contributed by atoms with van der Waals surface area (Å²) in [6.45, 7) is 3.70.